The van der Waals surface area contributed by atoms with Crippen LogP contribution in [-0.2, 0) is 0 Å². The minimum atomic E-state index is -0.526. The number of benzene rings is 1. The molecule has 16 heavy (non-hydrogen) atoms. The van der Waals surface area contributed by atoms with E-state index in [-0.39, 0.29) is 5.95 Å². The Hall–Kier alpha value is -1.88. The highest BCUT2D eigenvalue weighted by Gasteiger charge is 2.06. The SMILES string of the molecule is Cc1ccc(Cl)cc1-c1nc(N)nc(=O)[nH]1. The van der Waals surface area contributed by atoms with E-state index < -0.39 is 5.69 Å². The molecule has 0 aliphatic heterocycles. The summed E-state index contributed by atoms with van der Waals surface area (Å²) in [6.45, 7) is 1.89. The first-order valence-electron chi connectivity index (χ1n) is 4.56. The van der Waals surface area contributed by atoms with Crippen LogP contribution in [0.5, 0.6) is 0 Å². The molecule has 1 heterocycles. The topological polar surface area (TPSA) is 84.7 Å². The Morgan fingerprint density at radius 3 is 2.81 bits per heavy atom. The molecule has 0 radical (unpaired) electrons. The van der Waals surface area contributed by atoms with Crippen LogP contribution >= 0.6 is 11.6 Å². The fraction of sp³-hybridized carbons (Fsp3) is 0.100. The van der Waals surface area contributed by atoms with Crippen molar-refractivity contribution in [1.29, 1.82) is 0 Å². The van der Waals surface area contributed by atoms with E-state index in [1.165, 1.54) is 0 Å². The van der Waals surface area contributed by atoms with Crippen molar-refractivity contribution in [3.8, 4) is 11.4 Å². The van der Waals surface area contributed by atoms with E-state index in [9.17, 15) is 4.79 Å². The number of rotatable bonds is 1. The number of nitrogens with two attached hydrogens (primary N) is 1. The second-order valence-corrected chi connectivity index (χ2v) is 3.76. The standard InChI is InChI=1S/C10H9ClN4O/c1-5-2-3-6(11)4-7(5)8-13-9(12)15-10(16)14-8/h2-4H,1H3,(H3,12,13,14,15,16). The summed E-state index contributed by atoms with van der Waals surface area (Å²) < 4.78 is 0. The predicted molar refractivity (Wildman–Crippen MR) is 62.2 cm³/mol. The van der Waals surface area contributed by atoms with Crippen molar-refractivity contribution in [2.75, 3.05) is 5.73 Å². The number of nitrogens with zero attached hydrogens (tertiary/aromatic N) is 2. The van der Waals surface area contributed by atoms with Gasteiger partial charge in [-0.1, -0.05) is 17.7 Å². The van der Waals surface area contributed by atoms with Gasteiger partial charge in [-0.15, -0.1) is 0 Å². The first kappa shape index (κ1) is 10.6. The van der Waals surface area contributed by atoms with Gasteiger partial charge in [0.25, 0.3) is 0 Å². The monoisotopic (exact) mass is 236 g/mol. The van der Waals surface area contributed by atoms with Gasteiger partial charge in [0.2, 0.25) is 5.95 Å². The van der Waals surface area contributed by atoms with Crippen LogP contribution in [0.1, 0.15) is 5.56 Å². The third kappa shape index (κ3) is 2.04. The van der Waals surface area contributed by atoms with E-state index in [4.69, 9.17) is 17.3 Å². The van der Waals surface area contributed by atoms with Gasteiger partial charge < -0.3 is 5.73 Å². The molecular weight excluding hydrogens is 228 g/mol. The van der Waals surface area contributed by atoms with Gasteiger partial charge in [-0.05, 0) is 24.6 Å². The first-order valence-corrected chi connectivity index (χ1v) is 4.94. The Kier molecular flexibility index (Phi) is 2.62. The zero-order chi connectivity index (χ0) is 11.7. The van der Waals surface area contributed by atoms with Crippen LogP contribution in [-0.4, -0.2) is 15.0 Å². The van der Waals surface area contributed by atoms with Crippen molar-refractivity contribution in [3.63, 3.8) is 0 Å². The zero-order valence-corrected chi connectivity index (χ0v) is 9.25. The van der Waals surface area contributed by atoms with Crippen LogP contribution in [0, 0.1) is 6.92 Å². The van der Waals surface area contributed by atoms with Crippen molar-refractivity contribution >= 4 is 17.5 Å². The van der Waals surface area contributed by atoms with Crippen LogP contribution in [0.2, 0.25) is 5.02 Å². The maximum atomic E-state index is 11.2. The molecule has 1 aromatic heterocycles. The molecule has 0 aliphatic rings. The third-order valence-electron chi connectivity index (χ3n) is 2.12. The minimum Gasteiger partial charge on any atom is -0.368 e. The van der Waals surface area contributed by atoms with Crippen LogP contribution < -0.4 is 11.4 Å². The number of aryl methyl sites for hydroxylation is 1. The molecule has 3 N–H and O–H groups in total. The molecular formula is C10H9ClN4O. The summed E-state index contributed by atoms with van der Waals surface area (Å²) in [6, 6.07) is 5.33. The van der Waals surface area contributed by atoms with Crippen molar-refractivity contribution in [2.24, 2.45) is 0 Å². The van der Waals surface area contributed by atoms with Gasteiger partial charge in [0.15, 0.2) is 0 Å². The summed E-state index contributed by atoms with van der Waals surface area (Å²) in [4.78, 5) is 21.1. The number of halogens is 1. The molecule has 0 atom stereocenters. The predicted octanol–water partition coefficient (Wildman–Crippen LogP) is 1.38. The molecule has 0 aliphatic carbocycles. The fourth-order valence-corrected chi connectivity index (χ4v) is 1.55. The first-order chi connectivity index (χ1) is 7.56. The van der Waals surface area contributed by atoms with E-state index in [0.29, 0.717) is 10.8 Å². The molecule has 5 nitrogen and oxygen atoms in total. The Labute approximate surface area is 96.3 Å². The summed E-state index contributed by atoms with van der Waals surface area (Å²) >= 11 is 5.88. The quantitative estimate of drug-likeness (QED) is 0.783. The van der Waals surface area contributed by atoms with Crippen LogP contribution in [0.4, 0.5) is 5.95 Å². The van der Waals surface area contributed by atoms with Gasteiger partial charge in [-0.3, -0.25) is 4.98 Å². The molecule has 0 saturated carbocycles. The Morgan fingerprint density at radius 2 is 2.12 bits per heavy atom. The van der Waals surface area contributed by atoms with Crippen LogP contribution in [0.25, 0.3) is 11.4 Å². The Bertz CT molecular complexity index is 594. The smallest absolute Gasteiger partial charge is 0.349 e. The van der Waals surface area contributed by atoms with Crippen molar-refractivity contribution in [2.45, 2.75) is 6.92 Å². The van der Waals surface area contributed by atoms with Crippen molar-refractivity contribution in [3.05, 3.63) is 39.3 Å². The molecule has 0 bridgehead atoms. The number of nitrogens with one attached hydrogen (secondary N) is 1. The molecule has 0 amide bonds. The van der Waals surface area contributed by atoms with E-state index in [1.54, 1.807) is 12.1 Å². The summed E-state index contributed by atoms with van der Waals surface area (Å²) in [5.74, 6) is 0.315. The lowest BCUT2D eigenvalue weighted by molar-refractivity contribution is 1.01. The zero-order valence-electron chi connectivity index (χ0n) is 8.49. The lowest BCUT2D eigenvalue weighted by Gasteiger charge is -2.05. The van der Waals surface area contributed by atoms with E-state index in [2.05, 4.69) is 15.0 Å². The highest BCUT2D eigenvalue weighted by molar-refractivity contribution is 6.30. The number of nitrogen functional groups attached to an aromatic ring is 1. The summed E-state index contributed by atoms with van der Waals surface area (Å²) in [6.07, 6.45) is 0. The highest BCUT2D eigenvalue weighted by Crippen LogP contribution is 2.23. The molecule has 0 fully saturated rings. The number of aromatic nitrogens is 3. The normalized spacial score (nSPS) is 10.4. The molecule has 6 heteroatoms. The number of anilines is 1. The van der Waals surface area contributed by atoms with Gasteiger partial charge in [-0.25, -0.2) is 4.79 Å². The highest BCUT2D eigenvalue weighted by atomic mass is 35.5. The number of hydrogen-bond acceptors (Lipinski definition) is 4. The van der Waals surface area contributed by atoms with Crippen molar-refractivity contribution in [1.82, 2.24) is 15.0 Å². The van der Waals surface area contributed by atoms with Crippen LogP contribution in [0.15, 0.2) is 23.0 Å². The molecule has 2 rings (SSSR count). The average Bonchev–Trinajstić information content (AvgIpc) is 2.20. The van der Waals surface area contributed by atoms with E-state index in [1.807, 2.05) is 13.0 Å². The van der Waals surface area contributed by atoms with E-state index in [0.717, 1.165) is 11.1 Å². The van der Waals surface area contributed by atoms with Gasteiger partial charge in [0.05, 0.1) is 0 Å². The average molecular weight is 237 g/mol. The Balaban J connectivity index is 2.66. The molecule has 82 valence electrons. The molecule has 1 aromatic carbocycles. The molecule has 0 spiro atoms. The van der Waals surface area contributed by atoms with Crippen LogP contribution in [0.3, 0.4) is 0 Å². The lowest BCUT2D eigenvalue weighted by atomic mass is 10.1. The maximum absolute atomic E-state index is 11.2. The number of aromatic amines is 1. The second-order valence-electron chi connectivity index (χ2n) is 3.32. The van der Waals surface area contributed by atoms with Crippen molar-refractivity contribution < 1.29 is 0 Å². The van der Waals surface area contributed by atoms with E-state index >= 15 is 0 Å². The minimum absolute atomic E-state index is 0.0573. The van der Waals surface area contributed by atoms with Gasteiger partial charge in [-0.2, -0.15) is 9.97 Å². The number of H-pyrrole nitrogens is 1. The summed E-state index contributed by atoms with van der Waals surface area (Å²) in [7, 11) is 0. The fourth-order valence-electron chi connectivity index (χ4n) is 1.38. The molecule has 0 saturated heterocycles. The molecule has 0 unspecified atom stereocenters. The molecule has 2 aromatic rings. The third-order valence-corrected chi connectivity index (χ3v) is 2.36. The largest absolute Gasteiger partial charge is 0.368 e. The summed E-state index contributed by atoms with van der Waals surface area (Å²) in [5.41, 5.74) is 6.56. The summed E-state index contributed by atoms with van der Waals surface area (Å²) in [5, 5.41) is 0.568. The number of hydrogen-bond donors (Lipinski definition) is 2. The second kappa shape index (κ2) is 3.94. The van der Waals surface area contributed by atoms with Gasteiger partial charge in [0, 0.05) is 10.6 Å². The Morgan fingerprint density at radius 1 is 1.38 bits per heavy atom. The van der Waals surface area contributed by atoms with Gasteiger partial charge >= 0.3 is 5.69 Å². The maximum Gasteiger partial charge on any atom is 0.349 e. The lowest BCUT2D eigenvalue weighted by Crippen LogP contribution is -2.15. The van der Waals surface area contributed by atoms with Gasteiger partial charge in [0.1, 0.15) is 5.82 Å².